The number of nitrogens with zero attached hydrogens (tertiary/aromatic N) is 2. The van der Waals surface area contributed by atoms with Gasteiger partial charge in [0.15, 0.2) is 4.96 Å². The lowest BCUT2D eigenvalue weighted by atomic mass is 10.2. The molecule has 23 heavy (non-hydrogen) atoms. The van der Waals surface area contributed by atoms with Crippen LogP contribution in [-0.2, 0) is 17.0 Å². The van der Waals surface area contributed by atoms with Gasteiger partial charge in [-0.05, 0) is 12.5 Å². The van der Waals surface area contributed by atoms with Gasteiger partial charge in [0.2, 0.25) is 5.91 Å². The molecule has 0 saturated carbocycles. The summed E-state index contributed by atoms with van der Waals surface area (Å²) in [7, 11) is 0. The molecule has 0 aliphatic carbocycles. The van der Waals surface area contributed by atoms with Crippen LogP contribution >= 0.6 is 23.1 Å². The first-order valence-electron chi connectivity index (χ1n) is 7.52. The molecule has 3 aromatic rings. The number of carbonyl (C=O) groups excluding carboxylic acids is 1. The fourth-order valence-electron chi connectivity index (χ4n) is 2.23. The molecule has 4 nitrogen and oxygen atoms in total. The van der Waals surface area contributed by atoms with Crippen LogP contribution in [0.3, 0.4) is 0 Å². The zero-order chi connectivity index (χ0) is 16.1. The lowest BCUT2D eigenvalue weighted by molar-refractivity contribution is -0.120. The number of imidazole rings is 1. The highest BCUT2D eigenvalue weighted by Crippen LogP contribution is 2.13. The Kier molecular flexibility index (Phi) is 5.35. The van der Waals surface area contributed by atoms with Crippen molar-refractivity contribution in [2.75, 3.05) is 12.3 Å². The maximum atomic E-state index is 11.9. The SMILES string of the molecule is Cc1ccc(CSCCNC(=O)Cc2cn3ccsc3n2)cc1. The molecule has 0 fully saturated rings. The maximum absolute atomic E-state index is 11.9. The second-order valence-corrected chi connectivity index (χ2v) is 7.37. The van der Waals surface area contributed by atoms with Crippen LogP contribution in [0.4, 0.5) is 0 Å². The number of aromatic nitrogens is 2. The molecule has 0 radical (unpaired) electrons. The first kappa shape index (κ1) is 16.1. The number of thiazole rings is 1. The second kappa shape index (κ2) is 7.66. The number of hydrogen-bond acceptors (Lipinski definition) is 4. The monoisotopic (exact) mass is 345 g/mol. The fraction of sp³-hybridized carbons (Fsp3) is 0.294. The number of amides is 1. The topological polar surface area (TPSA) is 46.4 Å². The summed E-state index contributed by atoms with van der Waals surface area (Å²) in [5, 5.41) is 4.94. The predicted octanol–water partition coefficient (Wildman–Crippen LogP) is 3.30. The van der Waals surface area contributed by atoms with E-state index in [1.54, 1.807) is 11.3 Å². The van der Waals surface area contributed by atoms with Gasteiger partial charge in [-0.25, -0.2) is 4.98 Å². The van der Waals surface area contributed by atoms with Crippen LogP contribution in [-0.4, -0.2) is 27.6 Å². The van der Waals surface area contributed by atoms with E-state index in [1.165, 1.54) is 11.1 Å². The van der Waals surface area contributed by atoms with E-state index in [0.717, 1.165) is 22.2 Å². The van der Waals surface area contributed by atoms with Crippen molar-refractivity contribution in [3.8, 4) is 0 Å². The van der Waals surface area contributed by atoms with Gasteiger partial charge >= 0.3 is 0 Å². The largest absolute Gasteiger partial charge is 0.355 e. The summed E-state index contributed by atoms with van der Waals surface area (Å²) in [6.45, 7) is 2.79. The summed E-state index contributed by atoms with van der Waals surface area (Å²) < 4.78 is 1.95. The zero-order valence-corrected chi connectivity index (χ0v) is 14.6. The van der Waals surface area contributed by atoms with Crippen LogP contribution in [0.1, 0.15) is 16.8 Å². The molecule has 0 spiro atoms. The Morgan fingerprint density at radius 3 is 2.96 bits per heavy atom. The van der Waals surface area contributed by atoms with Crippen molar-refractivity contribution in [2.45, 2.75) is 19.1 Å². The van der Waals surface area contributed by atoms with Gasteiger partial charge in [-0.15, -0.1) is 11.3 Å². The van der Waals surface area contributed by atoms with Crippen molar-refractivity contribution in [1.82, 2.24) is 14.7 Å². The molecule has 6 heteroatoms. The third-order valence-corrected chi connectivity index (χ3v) is 5.24. The minimum atomic E-state index is 0.0340. The third-order valence-electron chi connectivity index (χ3n) is 3.44. The zero-order valence-electron chi connectivity index (χ0n) is 13.0. The van der Waals surface area contributed by atoms with Crippen molar-refractivity contribution in [3.63, 3.8) is 0 Å². The Balaban J connectivity index is 1.34. The number of aryl methyl sites for hydroxylation is 1. The Morgan fingerprint density at radius 1 is 1.35 bits per heavy atom. The van der Waals surface area contributed by atoms with Crippen molar-refractivity contribution in [2.24, 2.45) is 0 Å². The fourth-order valence-corrected chi connectivity index (χ4v) is 3.76. The second-order valence-electron chi connectivity index (χ2n) is 5.39. The molecule has 1 amide bonds. The van der Waals surface area contributed by atoms with Crippen LogP contribution in [0.5, 0.6) is 0 Å². The number of thioether (sulfide) groups is 1. The standard InChI is InChI=1S/C17H19N3OS2/c1-13-2-4-14(5-3-13)12-22-8-6-18-16(21)10-15-11-20-7-9-23-17(20)19-15/h2-5,7,9,11H,6,8,10,12H2,1H3,(H,18,21). The molecule has 1 N–H and O–H groups in total. The molecule has 0 aliphatic rings. The van der Waals surface area contributed by atoms with E-state index in [1.807, 2.05) is 33.9 Å². The number of rotatable bonds is 7. The lowest BCUT2D eigenvalue weighted by Gasteiger charge is -2.05. The van der Waals surface area contributed by atoms with Crippen molar-refractivity contribution in [3.05, 3.63) is 58.9 Å². The van der Waals surface area contributed by atoms with Crippen LogP contribution in [0.15, 0.2) is 42.0 Å². The predicted molar refractivity (Wildman–Crippen MR) is 97.1 cm³/mol. The Morgan fingerprint density at radius 2 is 2.17 bits per heavy atom. The van der Waals surface area contributed by atoms with E-state index < -0.39 is 0 Å². The highest BCUT2D eigenvalue weighted by Gasteiger charge is 2.07. The van der Waals surface area contributed by atoms with E-state index in [2.05, 4.69) is 41.5 Å². The number of fused-ring (bicyclic) bond motifs is 1. The van der Waals surface area contributed by atoms with E-state index >= 15 is 0 Å². The van der Waals surface area contributed by atoms with Gasteiger partial charge in [0.25, 0.3) is 0 Å². The van der Waals surface area contributed by atoms with Gasteiger partial charge in [0.1, 0.15) is 0 Å². The van der Waals surface area contributed by atoms with E-state index in [4.69, 9.17) is 0 Å². The third kappa shape index (κ3) is 4.59. The molecule has 2 aromatic heterocycles. The van der Waals surface area contributed by atoms with Crippen molar-refractivity contribution >= 4 is 34.0 Å². The van der Waals surface area contributed by atoms with E-state index in [0.29, 0.717) is 13.0 Å². The number of nitrogens with one attached hydrogen (secondary N) is 1. The minimum Gasteiger partial charge on any atom is -0.355 e. The molecule has 120 valence electrons. The first-order valence-corrected chi connectivity index (χ1v) is 9.55. The molecule has 1 aromatic carbocycles. The first-order chi connectivity index (χ1) is 11.2. The molecule has 0 unspecified atom stereocenters. The molecule has 3 rings (SSSR count). The number of hydrogen-bond donors (Lipinski definition) is 1. The average Bonchev–Trinajstić information content (AvgIpc) is 3.10. The quantitative estimate of drug-likeness (QED) is 0.668. The van der Waals surface area contributed by atoms with Gasteiger partial charge in [0, 0.05) is 35.8 Å². The highest BCUT2D eigenvalue weighted by molar-refractivity contribution is 7.98. The Labute approximate surface area is 143 Å². The smallest absolute Gasteiger partial charge is 0.226 e. The van der Waals surface area contributed by atoms with Gasteiger partial charge in [-0.2, -0.15) is 11.8 Å². The molecular formula is C17H19N3OS2. The number of benzene rings is 1. The van der Waals surface area contributed by atoms with Crippen LogP contribution < -0.4 is 5.32 Å². The lowest BCUT2D eigenvalue weighted by Crippen LogP contribution is -2.27. The van der Waals surface area contributed by atoms with E-state index in [9.17, 15) is 4.79 Å². The van der Waals surface area contributed by atoms with Crippen molar-refractivity contribution < 1.29 is 4.79 Å². The van der Waals surface area contributed by atoms with Gasteiger partial charge < -0.3 is 5.32 Å². The summed E-state index contributed by atoms with van der Waals surface area (Å²) in [4.78, 5) is 17.3. The summed E-state index contributed by atoms with van der Waals surface area (Å²) in [6.07, 6.45) is 4.21. The highest BCUT2D eigenvalue weighted by atomic mass is 32.2. The minimum absolute atomic E-state index is 0.0340. The summed E-state index contributed by atoms with van der Waals surface area (Å²) in [5.74, 6) is 1.93. The van der Waals surface area contributed by atoms with E-state index in [-0.39, 0.29) is 5.91 Å². The van der Waals surface area contributed by atoms with Crippen LogP contribution in [0.2, 0.25) is 0 Å². The molecule has 0 saturated heterocycles. The van der Waals surface area contributed by atoms with Gasteiger partial charge in [-0.1, -0.05) is 29.8 Å². The molecule has 2 heterocycles. The Bertz CT molecular complexity index is 748. The summed E-state index contributed by atoms with van der Waals surface area (Å²) in [5.41, 5.74) is 3.43. The molecule has 0 aliphatic heterocycles. The van der Waals surface area contributed by atoms with Gasteiger partial charge in [-0.3, -0.25) is 9.20 Å². The maximum Gasteiger partial charge on any atom is 0.226 e. The Hall–Kier alpha value is -1.79. The van der Waals surface area contributed by atoms with Crippen LogP contribution in [0, 0.1) is 6.92 Å². The summed E-state index contributed by atoms with van der Waals surface area (Å²) in [6, 6.07) is 8.58. The molecular weight excluding hydrogens is 326 g/mol. The van der Waals surface area contributed by atoms with Crippen LogP contribution in [0.25, 0.3) is 4.96 Å². The molecule has 0 bridgehead atoms. The molecule has 0 atom stereocenters. The van der Waals surface area contributed by atoms with Gasteiger partial charge in [0.05, 0.1) is 12.1 Å². The average molecular weight is 345 g/mol. The van der Waals surface area contributed by atoms with Crippen molar-refractivity contribution in [1.29, 1.82) is 0 Å². The summed E-state index contributed by atoms with van der Waals surface area (Å²) >= 11 is 3.41. The number of carbonyl (C=O) groups is 1. The normalized spacial score (nSPS) is 11.0.